The molecule has 1 unspecified atom stereocenters. The van der Waals surface area contributed by atoms with Gasteiger partial charge in [0.25, 0.3) is 0 Å². The largest absolute Gasteiger partial charge is 0.388 e. The summed E-state index contributed by atoms with van der Waals surface area (Å²) in [5, 5.41) is 10.6. The van der Waals surface area contributed by atoms with Gasteiger partial charge in [0.2, 0.25) is 0 Å². The van der Waals surface area contributed by atoms with E-state index in [1.54, 1.807) is 0 Å². The van der Waals surface area contributed by atoms with Gasteiger partial charge in [-0.05, 0) is 29.2 Å². The van der Waals surface area contributed by atoms with Crippen molar-refractivity contribution in [2.24, 2.45) is 0 Å². The summed E-state index contributed by atoms with van der Waals surface area (Å²) in [6.07, 6.45) is 5.93. The minimum atomic E-state index is -0.404. The van der Waals surface area contributed by atoms with E-state index in [1.165, 1.54) is 12.8 Å². The van der Waals surface area contributed by atoms with Gasteiger partial charge in [-0.3, -0.25) is 0 Å². The van der Waals surface area contributed by atoms with Crippen LogP contribution in [0, 0.1) is 0 Å². The topological polar surface area (TPSA) is 20.2 Å². The molecule has 0 heterocycles. The second kappa shape index (κ2) is 8.43. The van der Waals surface area contributed by atoms with Crippen LogP contribution in [0.5, 0.6) is 0 Å². The Morgan fingerprint density at radius 3 is 2.19 bits per heavy atom. The summed E-state index contributed by atoms with van der Waals surface area (Å²) in [5.74, 6) is 0. The van der Waals surface area contributed by atoms with E-state index in [1.807, 2.05) is 36.4 Å². The Morgan fingerprint density at radius 1 is 0.952 bits per heavy atom. The van der Waals surface area contributed by atoms with Crippen molar-refractivity contribution in [1.82, 2.24) is 0 Å². The maximum atomic E-state index is 10.6. The number of rotatable bonds is 7. The van der Waals surface area contributed by atoms with Crippen LogP contribution in [-0.2, 0) is 0 Å². The van der Waals surface area contributed by atoms with E-state index < -0.39 is 6.10 Å². The summed E-state index contributed by atoms with van der Waals surface area (Å²) in [6.45, 7) is 2.18. The number of benzene rings is 2. The highest BCUT2D eigenvalue weighted by atomic mass is 16.3. The molecule has 0 aromatic heterocycles. The van der Waals surface area contributed by atoms with Gasteiger partial charge in [-0.2, -0.15) is 0 Å². The molecule has 1 nitrogen and oxygen atoms in total. The molecule has 110 valence electrons. The third kappa shape index (κ3) is 4.87. The SMILES string of the molecule is CCCCCC(O)/C(=C/c1ccccc1)c1ccccc1. The molecule has 1 N–H and O–H groups in total. The maximum Gasteiger partial charge on any atom is 0.0796 e. The van der Waals surface area contributed by atoms with Gasteiger partial charge in [0, 0.05) is 0 Å². The summed E-state index contributed by atoms with van der Waals surface area (Å²) in [4.78, 5) is 0. The Balaban J connectivity index is 2.25. The normalized spacial score (nSPS) is 13.1. The molecule has 0 spiro atoms. The Morgan fingerprint density at radius 2 is 1.57 bits per heavy atom. The highest BCUT2D eigenvalue weighted by Crippen LogP contribution is 2.24. The van der Waals surface area contributed by atoms with Crippen LogP contribution < -0.4 is 0 Å². The van der Waals surface area contributed by atoms with E-state index in [9.17, 15) is 5.11 Å². The number of hydrogen-bond acceptors (Lipinski definition) is 1. The zero-order valence-electron chi connectivity index (χ0n) is 12.7. The van der Waals surface area contributed by atoms with E-state index in [-0.39, 0.29) is 0 Å². The summed E-state index contributed by atoms with van der Waals surface area (Å²) in [7, 11) is 0. The van der Waals surface area contributed by atoms with Gasteiger partial charge in [0.1, 0.15) is 0 Å². The minimum Gasteiger partial charge on any atom is -0.388 e. The van der Waals surface area contributed by atoms with Crippen LogP contribution in [0.3, 0.4) is 0 Å². The number of aliphatic hydroxyl groups is 1. The molecular formula is C20H24O. The summed E-state index contributed by atoms with van der Waals surface area (Å²) < 4.78 is 0. The van der Waals surface area contributed by atoms with Crippen molar-refractivity contribution in [3.05, 3.63) is 71.8 Å². The fourth-order valence-corrected chi connectivity index (χ4v) is 2.47. The third-order valence-electron chi connectivity index (χ3n) is 3.67. The van der Waals surface area contributed by atoms with E-state index in [0.717, 1.165) is 29.5 Å². The molecule has 0 amide bonds. The van der Waals surface area contributed by atoms with Crippen molar-refractivity contribution in [2.75, 3.05) is 0 Å². The van der Waals surface area contributed by atoms with Crippen molar-refractivity contribution in [2.45, 2.75) is 38.7 Å². The molecule has 0 saturated carbocycles. The first-order chi connectivity index (χ1) is 10.3. The second-order valence-electron chi connectivity index (χ2n) is 5.39. The van der Waals surface area contributed by atoms with Crippen LogP contribution in [0.15, 0.2) is 60.7 Å². The first kappa shape index (κ1) is 15.5. The van der Waals surface area contributed by atoms with Crippen molar-refractivity contribution in [1.29, 1.82) is 0 Å². The summed E-state index contributed by atoms with van der Waals surface area (Å²) in [6, 6.07) is 20.4. The molecule has 1 heteroatoms. The zero-order valence-corrected chi connectivity index (χ0v) is 12.7. The van der Waals surface area contributed by atoms with Crippen LogP contribution in [-0.4, -0.2) is 11.2 Å². The van der Waals surface area contributed by atoms with Crippen molar-refractivity contribution in [3.8, 4) is 0 Å². The lowest BCUT2D eigenvalue weighted by Gasteiger charge is -2.16. The fraction of sp³-hybridized carbons (Fsp3) is 0.300. The van der Waals surface area contributed by atoms with E-state index in [2.05, 4.69) is 37.3 Å². The minimum absolute atomic E-state index is 0.404. The molecule has 2 rings (SSSR count). The highest BCUT2D eigenvalue weighted by molar-refractivity contribution is 5.83. The quantitative estimate of drug-likeness (QED) is 0.548. The lowest BCUT2D eigenvalue weighted by Crippen LogP contribution is -2.09. The Kier molecular flexibility index (Phi) is 6.23. The number of unbranched alkanes of at least 4 members (excludes halogenated alkanes) is 2. The van der Waals surface area contributed by atoms with Crippen LogP contribution in [0.25, 0.3) is 11.6 Å². The maximum absolute atomic E-state index is 10.6. The molecule has 2 aromatic carbocycles. The van der Waals surface area contributed by atoms with Gasteiger partial charge >= 0.3 is 0 Å². The standard InChI is InChI=1S/C20H24O/c1-2-3-6-15-20(21)19(18-13-9-5-10-14-18)16-17-11-7-4-8-12-17/h4-5,7-14,16,20-21H,2-3,6,15H2,1H3/b19-16+. The Bertz CT molecular complexity index is 543. The fourth-order valence-electron chi connectivity index (χ4n) is 2.47. The van der Waals surface area contributed by atoms with Crippen LogP contribution in [0.4, 0.5) is 0 Å². The second-order valence-corrected chi connectivity index (χ2v) is 5.39. The highest BCUT2D eigenvalue weighted by Gasteiger charge is 2.12. The number of hydrogen-bond donors (Lipinski definition) is 1. The van der Waals surface area contributed by atoms with Crippen LogP contribution in [0.2, 0.25) is 0 Å². The van der Waals surface area contributed by atoms with Gasteiger partial charge in [-0.1, -0.05) is 86.8 Å². The van der Waals surface area contributed by atoms with Crippen LogP contribution >= 0.6 is 0 Å². The molecule has 0 aliphatic heterocycles. The molecule has 0 radical (unpaired) electrons. The van der Waals surface area contributed by atoms with E-state index in [4.69, 9.17) is 0 Å². The predicted molar refractivity (Wildman–Crippen MR) is 90.9 cm³/mol. The van der Waals surface area contributed by atoms with Gasteiger partial charge < -0.3 is 5.11 Å². The summed E-state index contributed by atoms with van der Waals surface area (Å²) in [5.41, 5.74) is 3.24. The molecule has 0 saturated heterocycles. The molecule has 0 aliphatic rings. The van der Waals surface area contributed by atoms with Gasteiger partial charge in [0.15, 0.2) is 0 Å². The summed E-state index contributed by atoms with van der Waals surface area (Å²) >= 11 is 0. The lowest BCUT2D eigenvalue weighted by molar-refractivity contribution is 0.218. The molecule has 2 aromatic rings. The molecule has 0 bridgehead atoms. The average molecular weight is 280 g/mol. The van der Waals surface area contributed by atoms with Gasteiger partial charge in [0.05, 0.1) is 6.10 Å². The molecular weight excluding hydrogens is 256 g/mol. The molecule has 0 aliphatic carbocycles. The van der Waals surface area contributed by atoms with Crippen molar-refractivity contribution >= 4 is 11.6 Å². The first-order valence-corrected chi connectivity index (χ1v) is 7.81. The molecule has 1 atom stereocenters. The van der Waals surface area contributed by atoms with Gasteiger partial charge in [-0.25, -0.2) is 0 Å². The average Bonchev–Trinajstić information content (AvgIpc) is 2.54. The van der Waals surface area contributed by atoms with Crippen LogP contribution in [0.1, 0.15) is 43.7 Å². The lowest BCUT2D eigenvalue weighted by atomic mass is 9.94. The molecule has 21 heavy (non-hydrogen) atoms. The zero-order chi connectivity index (χ0) is 14.9. The monoisotopic (exact) mass is 280 g/mol. The molecule has 0 fully saturated rings. The Labute approximate surface area is 128 Å². The van der Waals surface area contributed by atoms with Gasteiger partial charge in [-0.15, -0.1) is 0 Å². The smallest absolute Gasteiger partial charge is 0.0796 e. The first-order valence-electron chi connectivity index (χ1n) is 7.81. The van der Waals surface area contributed by atoms with E-state index >= 15 is 0 Å². The number of aliphatic hydroxyl groups excluding tert-OH is 1. The van der Waals surface area contributed by atoms with Crippen molar-refractivity contribution in [3.63, 3.8) is 0 Å². The predicted octanol–water partition coefficient (Wildman–Crippen LogP) is 5.17. The Hall–Kier alpha value is -1.86. The van der Waals surface area contributed by atoms with Crippen molar-refractivity contribution < 1.29 is 5.11 Å². The van der Waals surface area contributed by atoms with E-state index in [0.29, 0.717) is 0 Å². The third-order valence-corrected chi connectivity index (χ3v) is 3.67.